The lowest BCUT2D eigenvalue weighted by molar-refractivity contribution is 0.197. The number of aliphatic hydroxyl groups is 1. The summed E-state index contributed by atoms with van der Waals surface area (Å²) >= 11 is 1.51. The van der Waals surface area contributed by atoms with Gasteiger partial charge in [-0.15, -0.1) is 11.3 Å². The molecule has 1 aromatic heterocycles. The first-order valence-corrected chi connectivity index (χ1v) is 4.16. The second kappa shape index (κ2) is 4.20. The van der Waals surface area contributed by atoms with E-state index in [4.69, 9.17) is 14.6 Å². The molecule has 0 spiro atoms. The van der Waals surface area contributed by atoms with Crippen LogP contribution in [0.1, 0.15) is 0 Å². The molecule has 0 atom stereocenters. The van der Waals surface area contributed by atoms with Crippen LogP contribution in [0.15, 0.2) is 10.8 Å². The van der Waals surface area contributed by atoms with Crippen molar-refractivity contribution in [2.45, 2.75) is 0 Å². The maximum absolute atomic E-state index is 8.47. The Morgan fingerprint density at radius 1 is 1.45 bits per heavy atom. The average molecular weight is 174 g/mol. The van der Waals surface area contributed by atoms with Gasteiger partial charge in [0.25, 0.3) is 0 Å². The van der Waals surface area contributed by atoms with Gasteiger partial charge in [0.1, 0.15) is 6.61 Å². The van der Waals surface area contributed by atoms with Crippen molar-refractivity contribution in [1.29, 1.82) is 0 Å². The molecule has 0 radical (unpaired) electrons. The predicted molar refractivity (Wildman–Crippen MR) is 43.5 cm³/mol. The molecule has 62 valence electrons. The molecule has 0 unspecified atom stereocenters. The number of hydrogen-bond acceptors (Lipinski definition) is 4. The van der Waals surface area contributed by atoms with Gasteiger partial charge in [0.05, 0.1) is 13.7 Å². The van der Waals surface area contributed by atoms with Crippen LogP contribution in [0.25, 0.3) is 0 Å². The van der Waals surface area contributed by atoms with E-state index in [2.05, 4.69) is 0 Å². The molecule has 1 rings (SSSR count). The summed E-state index contributed by atoms with van der Waals surface area (Å²) < 4.78 is 10.1. The van der Waals surface area contributed by atoms with E-state index in [1.807, 2.05) is 10.8 Å². The maximum atomic E-state index is 8.47. The molecule has 1 N–H and O–H groups in total. The van der Waals surface area contributed by atoms with Crippen LogP contribution in [0.4, 0.5) is 0 Å². The van der Waals surface area contributed by atoms with E-state index < -0.39 is 0 Å². The van der Waals surface area contributed by atoms with Gasteiger partial charge < -0.3 is 14.6 Å². The summed E-state index contributed by atoms with van der Waals surface area (Å²) in [5.74, 6) is 1.43. The highest BCUT2D eigenvalue weighted by Crippen LogP contribution is 2.30. The SMILES string of the molecule is COc1cscc1OCCO. The lowest BCUT2D eigenvalue weighted by Gasteiger charge is -2.03. The van der Waals surface area contributed by atoms with Crippen molar-refractivity contribution < 1.29 is 14.6 Å². The summed E-state index contributed by atoms with van der Waals surface area (Å²) in [5.41, 5.74) is 0. The number of aliphatic hydroxyl groups excluding tert-OH is 1. The Kier molecular flexibility index (Phi) is 3.19. The van der Waals surface area contributed by atoms with Crippen molar-refractivity contribution in [3.05, 3.63) is 10.8 Å². The van der Waals surface area contributed by atoms with Crippen molar-refractivity contribution in [3.8, 4) is 11.5 Å². The first-order chi connectivity index (χ1) is 5.38. The summed E-state index contributed by atoms with van der Waals surface area (Å²) in [4.78, 5) is 0. The topological polar surface area (TPSA) is 38.7 Å². The summed E-state index contributed by atoms with van der Waals surface area (Å²) in [7, 11) is 1.59. The number of thiophene rings is 1. The maximum Gasteiger partial charge on any atom is 0.171 e. The number of rotatable bonds is 4. The highest BCUT2D eigenvalue weighted by molar-refractivity contribution is 7.08. The first kappa shape index (κ1) is 8.36. The Hall–Kier alpha value is -0.740. The molecular weight excluding hydrogens is 164 g/mol. The molecule has 0 saturated heterocycles. The molecule has 0 fully saturated rings. The third-order valence-electron chi connectivity index (χ3n) is 1.16. The number of ether oxygens (including phenoxy) is 2. The van der Waals surface area contributed by atoms with Crippen molar-refractivity contribution >= 4 is 11.3 Å². The molecule has 11 heavy (non-hydrogen) atoms. The monoisotopic (exact) mass is 174 g/mol. The summed E-state index contributed by atoms with van der Waals surface area (Å²) in [5, 5.41) is 12.2. The molecule has 0 aliphatic heterocycles. The minimum absolute atomic E-state index is 0.0268. The van der Waals surface area contributed by atoms with Crippen LogP contribution in [0, 0.1) is 0 Å². The van der Waals surface area contributed by atoms with E-state index in [0.717, 1.165) is 5.75 Å². The van der Waals surface area contributed by atoms with E-state index in [9.17, 15) is 0 Å². The summed E-state index contributed by atoms with van der Waals surface area (Å²) in [6.07, 6.45) is 0. The van der Waals surface area contributed by atoms with Gasteiger partial charge in [0.15, 0.2) is 11.5 Å². The minimum atomic E-state index is 0.0268. The van der Waals surface area contributed by atoms with Crippen molar-refractivity contribution in [2.24, 2.45) is 0 Å². The number of methoxy groups -OCH3 is 1. The van der Waals surface area contributed by atoms with Gasteiger partial charge >= 0.3 is 0 Å². The molecule has 0 amide bonds. The zero-order valence-electron chi connectivity index (χ0n) is 6.24. The van der Waals surface area contributed by atoms with Gasteiger partial charge in [0, 0.05) is 10.8 Å². The molecule has 0 bridgehead atoms. The van der Waals surface area contributed by atoms with Crippen LogP contribution in [0.2, 0.25) is 0 Å². The van der Waals surface area contributed by atoms with Gasteiger partial charge in [-0.2, -0.15) is 0 Å². The fourth-order valence-corrected chi connectivity index (χ4v) is 1.40. The van der Waals surface area contributed by atoms with Crippen LogP contribution >= 0.6 is 11.3 Å². The normalized spacial score (nSPS) is 9.64. The van der Waals surface area contributed by atoms with Crippen LogP contribution in [-0.4, -0.2) is 25.4 Å². The van der Waals surface area contributed by atoms with Gasteiger partial charge in [0.2, 0.25) is 0 Å². The number of hydrogen-bond donors (Lipinski definition) is 1. The second-order valence-corrected chi connectivity index (χ2v) is 2.62. The molecule has 0 aromatic carbocycles. The standard InChI is InChI=1S/C7H10O3S/c1-9-6-4-11-5-7(6)10-3-2-8/h4-5,8H,2-3H2,1H3. The van der Waals surface area contributed by atoms with Crippen LogP contribution < -0.4 is 9.47 Å². The Morgan fingerprint density at radius 2 is 2.18 bits per heavy atom. The molecule has 1 heterocycles. The van der Waals surface area contributed by atoms with E-state index >= 15 is 0 Å². The fourth-order valence-electron chi connectivity index (χ4n) is 0.683. The van der Waals surface area contributed by atoms with Gasteiger partial charge in [-0.25, -0.2) is 0 Å². The van der Waals surface area contributed by atoms with E-state index in [1.165, 1.54) is 11.3 Å². The van der Waals surface area contributed by atoms with Crippen molar-refractivity contribution in [1.82, 2.24) is 0 Å². The quantitative estimate of drug-likeness (QED) is 0.743. The summed E-state index contributed by atoms with van der Waals surface area (Å²) in [6.45, 7) is 0.339. The zero-order chi connectivity index (χ0) is 8.10. The van der Waals surface area contributed by atoms with Gasteiger partial charge in [-0.3, -0.25) is 0 Å². The van der Waals surface area contributed by atoms with E-state index in [-0.39, 0.29) is 6.61 Å². The smallest absolute Gasteiger partial charge is 0.171 e. The Bertz CT molecular complexity index is 209. The lowest BCUT2D eigenvalue weighted by atomic mass is 10.5. The third kappa shape index (κ3) is 2.10. The lowest BCUT2D eigenvalue weighted by Crippen LogP contribution is -2.01. The highest BCUT2D eigenvalue weighted by atomic mass is 32.1. The molecule has 0 saturated carbocycles. The molecule has 0 aliphatic rings. The average Bonchev–Trinajstić information content (AvgIpc) is 2.47. The first-order valence-electron chi connectivity index (χ1n) is 3.22. The molecule has 1 aromatic rings. The third-order valence-corrected chi connectivity index (χ3v) is 1.86. The largest absolute Gasteiger partial charge is 0.492 e. The van der Waals surface area contributed by atoms with Crippen LogP contribution in [0.3, 0.4) is 0 Å². The fraction of sp³-hybridized carbons (Fsp3) is 0.429. The molecule has 4 heteroatoms. The van der Waals surface area contributed by atoms with Crippen LogP contribution in [0.5, 0.6) is 11.5 Å². The zero-order valence-corrected chi connectivity index (χ0v) is 7.06. The minimum Gasteiger partial charge on any atom is -0.492 e. The van der Waals surface area contributed by atoms with Crippen molar-refractivity contribution in [2.75, 3.05) is 20.3 Å². The molecular formula is C7H10O3S. The Balaban J connectivity index is 2.54. The second-order valence-electron chi connectivity index (χ2n) is 1.88. The Morgan fingerprint density at radius 3 is 2.82 bits per heavy atom. The van der Waals surface area contributed by atoms with E-state index in [0.29, 0.717) is 12.4 Å². The van der Waals surface area contributed by atoms with Gasteiger partial charge in [-0.1, -0.05) is 0 Å². The van der Waals surface area contributed by atoms with Crippen LogP contribution in [-0.2, 0) is 0 Å². The van der Waals surface area contributed by atoms with Crippen molar-refractivity contribution in [3.63, 3.8) is 0 Å². The summed E-state index contributed by atoms with van der Waals surface area (Å²) in [6, 6.07) is 0. The molecule has 0 aliphatic carbocycles. The van der Waals surface area contributed by atoms with E-state index in [1.54, 1.807) is 7.11 Å². The Labute approximate surface area is 69.2 Å². The molecule has 3 nitrogen and oxygen atoms in total. The van der Waals surface area contributed by atoms with Gasteiger partial charge in [-0.05, 0) is 0 Å². The highest BCUT2D eigenvalue weighted by Gasteiger charge is 2.03. The predicted octanol–water partition coefficient (Wildman–Crippen LogP) is 1.13.